The van der Waals surface area contributed by atoms with Crippen molar-refractivity contribution in [2.75, 3.05) is 31.5 Å². The second-order valence-corrected chi connectivity index (χ2v) is 6.92. The number of carbonyl (C=O) groups excluding carboxylic acids is 1. The standard InChI is InChI=1S/C19H25N5O/c25-19(23-13-8-17(15-23)22-10-3-4-11-22)21-18-7-2-1-6-16(18)14-24-12-5-9-20-24/h1-2,5-7,9,12,17H,3-4,8,10-11,13-15H2,(H,21,25). The van der Waals surface area contributed by atoms with E-state index in [1.54, 1.807) is 6.20 Å². The Morgan fingerprint density at radius 2 is 2.00 bits per heavy atom. The molecule has 6 nitrogen and oxygen atoms in total. The topological polar surface area (TPSA) is 53.4 Å². The number of urea groups is 1. The molecule has 25 heavy (non-hydrogen) atoms. The summed E-state index contributed by atoms with van der Waals surface area (Å²) in [4.78, 5) is 17.2. The van der Waals surface area contributed by atoms with Gasteiger partial charge in [0.15, 0.2) is 0 Å². The average Bonchev–Trinajstić information content (AvgIpc) is 3.38. The van der Waals surface area contributed by atoms with E-state index in [2.05, 4.69) is 15.3 Å². The maximum atomic E-state index is 12.7. The number of hydrogen-bond donors (Lipinski definition) is 1. The monoisotopic (exact) mass is 339 g/mol. The van der Waals surface area contributed by atoms with Crippen molar-refractivity contribution in [1.82, 2.24) is 19.6 Å². The minimum Gasteiger partial charge on any atom is -0.323 e. The van der Waals surface area contributed by atoms with Crippen LogP contribution in [0.15, 0.2) is 42.7 Å². The van der Waals surface area contributed by atoms with Gasteiger partial charge in [-0.2, -0.15) is 5.10 Å². The van der Waals surface area contributed by atoms with Crippen LogP contribution in [0.2, 0.25) is 0 Å². The SMILES string of the molecule is O=C(Nc1ccccc1Cn1cccn1)N1CCC(N2CCCC2)C1. The summed E-state index contributed by atoms with van der Waals surface area (Å²) in [6.45, 7) is 4.71. The average molecular weight is 339 g/mol. The Hall–Kier alpha value is -2.34. The van der Waals surface area contributed by atoms with Crippen molar-refractivity contribution in [2.24, 2.45) is 0 Å². The fraction of sp³-hybridized carbons (Fsp3) is 0.474. The molecule has 0 radical (unpaired) electrons. The number of amides is 2. The number of hydrogen-bond acceptors (Lipinski definition) is 3. The molecule has 2 aromatic rings. The third-order valence-electron chi connectivity index (χ3n) is 5.26. The number of likely N-dealkylation sites (tertiary alicyclic amines) is 2. The number of rotatable bonds is 4. The summed E-state index contributed by atoms with van der Waals surface area (Å²) in [5.74, 6) is 0. The van der Waals surface area contributed by atoms with Gasteiger partial charge in [0.05, 0.1) is 6.54 Å². The summed E-state index contributed by atoms with van der Waals surface area (Å²) in [6.07, 6.45) is 7.37. The first-order valence-electron chi connectivity index (χ1n) is 9.15. The predicted molar refractivity (Wildman–Crippen MR) is 97.6 cm³/mol. The normalized spacial score (nSPS) is 21.0. The molecule has 1 atom stereocenters. The van der Waals surface area contributed by atoms with E-state index < -0.39 is 0 Å². The Bertz CT molecular complexity index is 708. The van der Waals surface area contributed by atoms with Crippen LogP contribution < -0.4 is 5.32 Å². The molecular weight excluding hydrogens is 314 g/mol. The number of nitrogens with zero attached hydrogens (tertiary/aromatic N) is 4. The van der Waals surface area contributed by atoms with Crippen LogP contribution in [0.4, 0.5) is 10.5 Å². The molecule has 0 saturated carbocycles. The van der Waals surface area contributed by atoms with E-state index in [4.69, 9.17) is 0 Å². The van der Waals surface area contributed by atoms with Crippen molar-refractivity contribution in [3.63, 3.8) is 0 Å². The molecule has 1 aromatic carbocycles. The zero-order valence-electron chi connectivity index (χ0n) is 14.5. The van der Waals surface area contributed by atoms with Crippen LogP contribution in [0.5, 0.6) is 0 Å². The zero-order valence-corrected chi connectivity index (χ0v) is 14.5. The van der Waals surface area contributed by atoms with Crippen molar-refractivity contribution in [3.8, 4) is 0 Å². The molecule has 2 aliphatic rings. The van der Waals surface area contributed by atoms with Gasteiger partial charge in [-0.3, -0.25) is 9.58 Å². The lowest BCUT2D eigenvalue weighted by Crippen LogP contribution is -2.38. The van der Waals surface area contributed by atoms with E-state index in [0.717, 1.165) is 30.8 Å². The van der Waals surface area contributed by atoms with Crippen LogP contribution in [0.25, 0.3) is 0 Å². The van der Waals surface area contributed by atoms with Crippen LogP contribution in [0, 0.1) is 0 Å². The van der Waals surface area contributed by atoms with Crippen molar-refractivity contribution in [2.45, 2.75) is 31.8 Å². The summed E-state index contributed by atoms with van der Waals surface area (Å²) >= 11 is 0. The first-order chi connectivity index (χ1) is 12.3. The quantitative estimate of drug-likeness (QED) is 0.932. The Balaban J connectivity index is 1.39. The molecule has 1 unspecified atom stereocenters. The van der Waals surface area contributed by atoms with Crippen molar-refractivity contribution >= 4 is 11.7 Å². The summed E-state index contributed by atoms with van der Waals surface area (Å²) in [5.41, 5.74) is 1.93. The molecule has 2 saturated heterocycles. The summed E-state index contributed by atoms with van der Waals surface area (Å²) < 4.78 is 1.87. The Morgan fingerprint density at radius 3 is 2.80 bits per heavy atom. The fourth-order valence-corrected chi connectivity index (χ4v) is 3.87. The second kappa shape index (κ2) is 7.27. The zero-order chi connectivity index (χ0) is 17.1. The number of aromatic nitrogens is 2. The highest BCUT2D eigenvalue weighted by molar-refractivity contribution is 5.90. The van der Waals surface area contributed by atoms with Gasteiger partial charge in [0.1, 0.15) is 0 Å². The van der Waals surface area contributed by atoms with Crippen molar-refractivity contribution in [3.05, 3.63) is 48.3 Å². The first-order valence-corrected chi connectivity index (χ1v) is 9.15. The third kappa shape index (κ3) is 3.69. The van der Waals surface area contributed by atoms with Gasteiger partial charge in [0.2, 0.25) is 0 Å². The number of benzene rings is 1. The van der Waals surface area contributed by atoms with E-state index >= 15 is 0 Å². The van der Waals surface area contributed by atoms with Gasteiger partial charge < -0.3 is 10.2 Å². The molecule has 2 aliphatic heterocycles. The third-order valence-corrected chi connectivity index (χ3v) is 5.26. The molecule has 1 aromatic heterocycles. The highest BCUT2D eigenvalue weighted by Gasteiger charge is 2.31. The first kappa shape index (κ1) is 16.1. The molecule has 0 spiro atoms. The number of nitrogens with one attached hydrogen (secondary N) is 1. The molecule has 0 aliphatic carbocycles. The van der Waals surface area contributed by atoms with Gasteiger partial charge >= 0.3 is 6.03 Å². The van der Waals surface area contributed by atoms with Crippen LogP contribution >= 0.6 is 0 Å². The van der Waals surface area contributed by atoms with Gasteiger partial charge in [-0.15, -0.1) is 0 Å². The predicted octanol–water partition coefficient (Wildman–Crippen LogP) is 2.63. The van der Waals surface area contributed by atoms with Gasteiger partial charge in [0.25, 0.3) is 0 Å². The lowest BCUT2D eigenvalue weighted by molar-refractivity contribution is 0.210. The maximum absolute atomic E-state index is 12.7. The summed E-state index contributed by atoms with van der Waals surface area (Å²) in [6, 6.07) is 10.4. The molecule has 2 fully saturated rings. The molecule has 6 heteroatoms. The largest absolute Gasteiger partial charge is 0.323 e. The van der Waals surface area contributed by atoms with E-state index in [1.807, 2.05) is 46.1 Å². The van der Waals surface area contributed by atoms with E-state index in [0.29, 0.717) is 12.6 Å². The molecule has 3 heterocycles. The van der Waals surface area contributed by atoms with Crippen molar-refractivity contribution in [1.29, 1.82) is 0 Å². The highest BCUT2D eigenvalue weighted by Crippen LogP contribution is 2.22. The summed E-state index contributed by atoms with van der Waals surface area (Å²) in [5, 5.41) is 7.35. The molecule has 2 amide bonds. The highest BCUT2D eigenvalue weighted by atomic mass is 16.2. The molecular formula is C19H25N5O. The van der Waals surface area contributed by atoms with Crippen LogP contribution in [0.3, 0.4) is 0 Å². The van der Waals surface area contributed by atoms with Crippen molar-refractivity contribution < 1.29 is 4.79 Å². The van der Waals surface area contributed by atoms with E-state index in [-0.39, 0.29) is 6.03 Å². The Kier molecular flexibility index (Phi) is 4.70. The molecule has 4 rings (SSSR count). The van der Waals surface area contributed by atoms with Gasteiger partial charge in [0, 0.05) is 37.2 Å². The Labute approximate surface area is 148 Å². The van der Waals surface area contributed by atoms with Gasteiger partial charge in [-0.05, 0) is 50.0 Å². The molecule has 1 N–H and O–H groups in total. The minimum atomic E-state index is 0.00890. The smallest absolute Gasteiger partial charge is 0.321 e. The molecule has 132 valence electrons. The lowest BCUT2D eigenvalue weighted by atomic mass is 10.2. The van der Waals surface area contributed by atoms with Crippen LogP contribution in [-0.4, -0.2) is 57.8 Å². The van der Waals surface area contributed by atoms with E-state index in [9.17, 15) is 4.79 Å². The van der Waals surface area contributed by atoms with Crippen LogP contribution in [-0.2, 0) is 6.54 Å². The number of para-hydroxylation sites is 1. The fourth-order valence-electron chi connectivity index (χ4n) is 3.87. The second-order valence-electron chi connectivity index (χ2n) is 6.92. The maximum Gasteiger partial charge on any atom is 0.321 e. The van der Waals surface area contributed by atoms with Gasteiger partial charge in [-0.1, -0.05) is 18.2 Å². The Morgan fingerprint density at radius 1 is 1.16 bits per heavy atom. The van der Waals surface area contributed by atoms with Crippen LogP contribution in [0.1, 0.15) is 24.8 Å². The number of anilines is 1. The summed E-state index contributed by atoms with van der Waals surface area (Å²) in [7, 11) is 0. The van der Waals surface area contributed by atoms with E-state index in [1.165, 1.54) is 25.9 Å². The minimum absolute atomic E-state index is 0.00890. The van der Waals surface area contributed by atoms with Gasteiger partial charge in [-0.25, -0.2) is 4.79 Å². The lowest BCUT2D eigenvalue weighted by Gasteiger charge is -2.24. The number of carbonyl (C=O) groups is 1. The molecule has 0 bridgehead atoms.